The van der Waals surface area contributed by atoms with Crippen molar-refractivity contribution in [3.8, 4) is 11.4 Å². The third-order valence-electron chi connectivity index (χ3n) is 3.82. The quantitative estimate of drug-likeness (QED) is 0.466. The number of alkyl halides is 3. The van der Waals surface area contributed by atoms with E-state index in [9.17, 15) is 22.4 Å². The molecule has 0 fully saturated rings. The molecule has 1 aromatic heterocycles. The molecule has 5 nitrogen and oxygen atoms in total. The third kappa shape index (κ3) is 4.86. The number of carbonyl (C=O) groups excluding carboxylic acids is 1. The van der Waals surface area contributed by atoms with Crippen LogP contribution in [-0.4, -0.2) is 28.8 Å². The summed E-state index contributed by atoms with van der Waals surface area (Å²) >= 11 is 5.82. The van der Waals surface area contributed by atoms with Gasteiger partial charge in [-0.25, -0.2) is 9.07 Å². The molecule has 2 aromatic carbocycles. The molecular formula is C19H14ClF4N3O2. The molecule has 0 saturated heterocycles. The Morgan fingerprint density at radius 2 is 1.93 bits per heavy atom. The fraction of sp³-hybridized carbons (Fsp3) is 0.158. The molecule has 29 heavy (non-hydrogen) atoms. The second-order valence-electron chi connectivity index (χ2n) is 5.83. The average molecular weight is 428 g/mol. The van der Waals surface area contributed by atoms with Crippen molar-refractivity contribution in [2.75, 3.05) is 13.2 Å². The summed E-state index contributed by atoms with van der Waals surface area (Å²) in [5, 5.41) is 6.36. The van der Waals surface area contributed by atoms with Crippen LogP contribution in [0.1, 0.15) is 16.1 Å². The highest BCUT2D eigenvalue weighted by Gasteiger charge is 2.40. The van der Waals surface area contributed by atoms with E-state index in [1.807, 2.05) is 0 Å². The lowest BCUT2D eigenvalue weighted by Gasteiger charge is -2.13. The van der Waals surface area contributed by atoms with Gasteiger partial charge in [0.25, 0.3) is 5.91 Å². The maximum atomic E-state index is 13.9. The molecule has 0 aliphatic rings. The minimum absolute atomic E-state index is 0.00881. The number of ether oxygens (including phenoxy) is 1. The van der Waals surface area contributed by atoms with E-state index in [0.717, 1.165) is 18.3 Å². The van der Waals surface area contributed by atoms with E-state index in [1.165, 1.54) is 12.1 Å². The Kier molecular flexibility index (Phi) is 6.07. The lowest BCUT2D eigenvalue weighted by molar-refractivity contribution is -0.143. The number of para-hydroxylation sites is 1. The van der Waals surface area contributed by atoms with Crippen molar-refractivity contribution in [3.05, 3.63) is 76.8 Å². The summed E-state index contributed by atoms with van der Waals surface area (Å²) in [4.78, 5) is 12.3. The lowest BCUT2D eigenvalue weighted by atomic mass is 10.2. The molecular weight excluding hydrogens is 414 g/mol. The van der Waals surface area contributed by atoms with E-state index in [1.54, 1.807) is 24.3 Å². The fourth-order valence-electron chi connectivity index (χ4n) is 2.58. The first-order valence-corrected chi connectivity index (χ1v) is 8.72. The van der Waals surface area contributed by atoms with Crippen LogP contribution < -0.4 is 10.1 Å². The summed E-state index contributed by atoms with van der Waals surface area (Å²) < 4.78 is 60.4. The second-order valence-corrected chi connectivity index (χ2v) is 6.27. The van der Waals surface area contributed by atoms with Crippen LogP contribution in [0.25, 0.3) is 5.69 Å². The Balaban J connectivity index is 1.74. The summed E-state index contributed by atoms with van der Waals surface area (Å²) in [5.41, 5.74) is -2.50. The Labute approximate surface area is 167 Å². The van der Waals surface area contributed by atoms with Gasteiger partial charge in [0, 0.05) is 5.02 Å². The minimum atomic E-state index is -4.93. The molecule has 3 aromatic rings. The maximum absolute atomic E-state index is 13.9. The summed E-state index contributed by atoms with van der Waals surface area (Å²) in [6.07, 6.45) is -4.18. The highest BCUT2D eigenvalue weighted by molar-refractivity contribution is 6.30. The van der Waals surface area contributed by atoms with E-state index < -0.39 is 34.8 Å². The van der Waals surface area contributed by atoms with Crippen LogP contribution in [0.4, 0.5) is 17.6 Å². The minimum Gasteiger partial charge on any atom is -0.492 e. The average Bonchev–Trinajstić information content (AvgIpc) is 3.11. The number of rotatable bonds is 6. The van der Waals surface area contributed by atoms with Crippen molar-refractivity contribution in [3.63, 3.8) is 0 Å². The van der Waals surface area contributed by atoms with E-state index in [2.05, 4.69) is 10.4 Å². The SMILES string of the molecule is O=C(NCCOc1cccc(Cl)c1)c1cnn(-c2ccccc2F)c1C(F)(F)F. The summed E-state index contributed by atoms with van der Waals surface area (Å²) in [7, 11) is 0. The predicted octanol–water partition coefficient (Wildman–Crippen LogP) is 4.49. The van der Waals surface area contributed by atoms with E-state index in [0.29, 0.717) is 15.5 Å². The lowest BCUT2D eigenvalue weighted by Crippen LogP contribution is -2.30. The Morgan fingerprint density at radius 1 is 1.17 bits per heavy atom. The predicted molar refractivity (Wildman–Crippen MR) is 97.8 cm³/mol. The van der Waals surface area contributed by atoms with Crippen molar-refractivity contribution in [2.24, 2.45) is 0 Å². The number of carbonyl (C=O) groups is 1. The molecule has 152 valence electrons. The van der Waals surface area contributed by atoms with Gasteiger partial charge in [0.2, 0.25) is 0 Å². The van der Waals surface area contributed by atoms with Gasteiger partial charge in [0.05, 0.1) is 18.3 Å². The molecule has 1 heterocycles. The van der Waals surface area contributed by atoms with Gasteiger partial charge in [-0.2, -0.15) is 18.3 Å². The second kappa shape index (κ2) is 8.52. The van der Waals surface area contributed by atoms with E-state index in [4.69, 9.17) is 16.3 Å². The van der Waals surface area contributed by atoms with Gasteiger partial charge in [-0.15, -0.1) is 0 Å². The van der Waals surface area contributed by atoms with Crippen LogP contribution in [0, 0.1) is 5.82 Å². The van der Waals surface area contributed by atoms with Crippen molar-refractivity contribution >= 4 is 17.5 Å². The van der Waals surface area contributed by atoms with Gasteiger partial charge in [-0.1, -0.05) is 29.8 Å². The van der Waals surface area contributed by atoms with Crippen LogP contribution in [-0.2, 0) is 6.18 Å². The number of nitrogens with zero attached hydrogens (tertiary/aromatic N) is 2. The van der Waals surface area contributed by atoms with Crippen LogP contribution in [0.3, 0.4) is 0 Å². The van der Waals surface area contributed by atoms with Crippen LogP contribution in [0.15, 0.2) is 54.7 Å². The van der Waals surface area contributed by atoms with Gasteiger partial charge in [0.1, 0.15) is 23.9 Å². The molecule has 10 heteroatoms. The molecule has 0 aliphatic heterocycles. The zero-order valence-electron chi connectivity index (χ0n) is 14.7. The maximum Gasteiger partial charge on any atom is 0.434 e. The summed E-state index contributed by atoms with van der Waals surface area (Å²) in [6.45, 7) is -0.0532. The fourth-order valence-corrected chi connectivity index (χ4v) is 2.76. The normalized spacial score (nSPS) is 11.3. The molecule has 1 amide bonds. The number of hydrogen-bond donors (Lipinski definition) is 1. The van der Waals surface area contributed by atoms with Gasteiger partial charge in [0.15, 0.2) is 5.69 Å². The summed E-state index contributed by atoms with van der Waals surface area (Å²) in [6, 6.07) is 11.4. The van der Waals surface area contributed by atoms with E-state index >= 15 is 0 Å². The number of benzene rings is 2. The molecule has 0 atom stereocenters. The Bertz CT molecular complexity index is 1020. The van der Waals surface area contributed by atoms with Crippen molar-refractivity contribution < 1.29 is 27.1 Å². The molecule has 1 N–H and O–H groups in total. The zero-order chi connectivity index (χ0) is 21.0. The topological polar surface area (TPSA) is 56.1 Å². The van der Waals surface area contributed by atoms with Crippen molar-refractivity contribution in [1.29, 1.82) is 0 Å². The number of hydrogen-bond acceptors (Lipinski definition) is 3. The molecule has 3 rings (SSSR count). The Hall–Kier alpha value is -3.07. The number of halogens is 5. The molecule has 0 unspecified atom stereocenters. The van der Waals surface area contributed by atoms with Crippen LogP contribution in [0.2, 0.25) is 5.02 Å². The Morgan fingerprint density at radius 3 is 2.62 bits per heavy atom. The molecule has 0 radical (unpaired) electrons. The first-order valence-electron chi connectivity index (χ1n) is 8.34. The monoisotopic (exact) mass is 427 g/mol. The smallest absolute Gasteiger partial charge is 0.434 e. The molecule has 0 bridgehead atoms. The van der Waals surface area contributed by atoms with Crippen LogP contribution >= 0.6 is 11.6 Å². The highest BCUT2D eigenvalue weighted by atomic mass is 35.5. The van der Waals surface area contributed by atoms with Gasteiger partial charge in [-0.05, 0) is 30.3 Å². The number of aromatic nitrogens is 2. The number of amides is 1. The highest BCUT2D eigenvalue weighted by Crippen LogP contribution is 2.34. The number of nitrogens with one attached hydrogen (secondary N) is 1. The third-order valence-corrected chi connectivity index (χ3v) is 4.05. The van der Waals surface area contributed by atoms with Crippen molar-refractivity contribution in [1.82, 2.24) is 15.1 Å². The van der Waals surface area contributed by atoms with Crippen molar-refractivity contribution in [2.45, 2.75) is 6.18 Å². The van der Waals surface area contributed by atoms with Gasteiger partial charge >= 0.3 is 6.18 Å². The molecule has 0 saturated carbocycles. The van der Waals surface area contributed by atoms with Gasteiger partial charge in [-0.3, -0.25) is 4.79 Å². The zero-order valence-corrected chi connectivity index (χ0v) is 15.5. The first kappa shape index (κ1) is 20.7. The molecule has 0 spiro atoms. The molecule has 0 aliphatic carbocycles. The summed E-state index contributed by atoms with van der Waals surface area (Å²) in [5.74, 6) is -1.45. The van der Waals surface area contributed by atoms with Gasteiger partial charge < -0.3 is 10.1 Å². The van der Waals surface area contributed by atoms with E-state index in [-0.39, 0.29) is 13.2 Å². The first-order chi connectivity index (χ1) is 13.8. The van der Waals surface area contributed by atoms with Crippen LogP contribution in [0.5, 0.6) is 5.75 Å². The standard InChI is InChI=1S/C19H14ClF4N3O2/c20-12-4-3-5-13(10-12)29-9-8-25-18(28)14-11-26-27(17(14)19(22,23)24)16-7-2-1-6-15(16)21/h1-7,10-11H,8-9H2,(H,25,28). The largest absolute Gasteiger partial charge is 0.492 e.